The van der Waals surface area contributed by atoms with Crippen molar-refractivity contribution < 1.29 is 0 Å². The number of nitriles is 2. The largest absolute Gasteiger partial charge is 0.192 e. The van der Waals surface area contributed by atoms with E-state index >= 15 is 0 Å². The van der Waals surface area contributed by atoms with E-state index in [9.17, 15) is 10.5 Å². The maximum Gasteiger partial charge on any atom is 0.0998 e. The van der Waals surface area contributed by atoms with Crippen LogP contribution in [0.5, 0.6) is 0 Å². The van der Waals surface area contributed by atoms with Crippen molar-refractivity contribution in [3.8, 4) is 12.1 Å². The van der Waals surface area contributed by atoms with Crippen LogP contribution in [0.2, 0.25) is 0 Å². The highest BCUT2D eigenvalue weighted by Crippen LogP contribution is 2.23. The van der Waals surface area contributed by atoms with Gasteiger partial charge in [0.25, 0.3) is 0 Å². The van der Waals surface area contributed by atoms with Gasteiger partial charge in [-0.1, -0.05) is 80.4 Å². The summed E-state index contributed by atoms with van der Waals surface area (Å²) in [7, 11) is 0. The molecular formula is C24H14Br2N2. The van der Waals surface area contributed by atoms with Crippen LogP contribution in [-0.4, -0.2) is 0 Å². The lowest BCUT2D eigenvalue weighted by Gasteiger charge is -2.02. The van der Waals surface area contributed by atoms with E-state index in [1.165, 1.54) is 0 Å². The molecule has 3 aromatic carbocycles. The first kappa shape index (κ1) is 19.8. The Morgan fingerprint density at radius 1 is 0.571 bits per heavy atom. The normalized spacial score (nSPS) is 11.6. The number of allylic oxidation sites excluding steroid dienone is 2. The Bertz CT molecular complexity index is 1020. The highest BCUT2D eigenvalue weighted by Gasteiger charge is 2.03. The number of hydrogen-bond acceptors (Lipinski definition) is 2. The summed E-state index contributed by atoms with van der Waals surface area (Å²) in [6.45, 7) is 0. The van der Waals surface area contributed by atoms with Crippen molar-refractivity contribution in [3.05, 3.63) is 104 Å². The molecule has 0 aliphatic heterocycles. The highest BCUT2D eigenvalue weighted by molar-refractivity contribution is 9.10. The zero-order valence-electron chi connectivity index (χ0n) is 14.7. The Labute approximate surface area is 181 Å². The summed E-state index contributed by atoms with van der Waals surface area (Å²) < 4.78 is 1.95. The third-order valence-electron chi connectivity index (χ3n) is 4.11. The fraction of sp³-hybridized carbons (Fsp3) is 0. The minimum atomic E-state index is 0.600. The van der Waals surface area contributed by atoms with Crippen LogP contribution in [0.15, 0.2) is 81.7 Å². The van der Waals surface area contributed by atoms with Gasteiger partial charge in [0, 0.05) is 8.95 Å². The van der Waals surface area contributed by atoms with Crippen molar-refractivity contribution in [3.63, 3.8) is 0 Å². The molecular weight excluding hydrogens is 476 g/mol. The minimum absolute atomic E-state index is 0.600. The average Bonchev–Trinajstić information content (AvgIpc) is 2.73. The van der Waals surface area contributed by atoms with E-state index in [-0.39, 0.29) is 0 Å². The first-order valence-electron chi connectivity index (χ1n) is 8.44. The predicted octanol–water partition coefficient (Wildman–Crippen LogP) is 7.34. The average molecular weight is 490 g/mol. The van der Waals surface area contributed by atoms with E-state index in [1.54, 1.807) is 0 Å². The molecule has 0 unspecified atom stereocenters. The maximum atomic E-state index is 9.48. The monoisotopic (exact) mass is 488 g/mol. The molecule has 0 amide bonds. The number of hydrogen-bond donors (Lipinski definition) is 0. The second-order valence-electron chi connectivity index (χ2n) is 6.02. The molecule has 2 nitrogen and oxygen atoms in total. The van der Waals surface area contributed by atoms with Gasteiger partial charge in [-0.2, -0.15) is 10.5 Å². The molecule has 0 spiro atoms. The van der Waals surface area contributed by atoms with Gasteiger partial charge in [-0.25, -0.2) is 0 Å². The molecule has 3 rings (SSSR count). The molecule has 0 aliphatic carbocycles. The molecule has 0 saturated heterocycles. The van der Waals surface area contributed by atoms with E-state index in [0.717, 1.165) is 31.2 Å². The van der Waals surface area contributed by atoms with Crippen LogP contribution in [0.1, 0.15) is 22.3 Å². The highest BCUT2D eigenvalue weighted by atomic mass is 79.9. The maximum absolute atomic E-state index is 9.48. The molecule has 4 heteroatoms. The van der Waals surface area contributed by atoms with Crippen molar-refractivity contribution in [1.82, 2.24) is 0 Å². The molecule has 28 heavy (non-hydrogen) atoms. The zero-order valence-corrected chi connectivity index (χ0v) is 17.9. The van der Waals surface area contributed by atoms with E-state index in [4.69, 9.17) is 0 Å². The molecule has 0 N–H and O–H groups in total. The predicted molar refractivity (Wildman–Crippen MR) is 122 cm³/mol. The Balaban J connectivity index is 1.86. The van der Waals surface area contributed by atoms with E-state index < -0.39 is 0 Å². The second kappa shape index (κ2) is 9.33. The van der Waals surface area contributed by atoms with Crippen LogP contribution < -0.4 is 0 Å². The summed E-state index contributed by atoms with van der Waals surface area (Å²) in [5.41, 5.74) is 4.80. The third-order valence-corrected chi connectivity index (χ3v) is 5.17. The van der Waals surface area contributed by atoms with Crippen LogP contribution in [-0.2, 0) is 0 Å². The molecule has 0 aliphatic rings. The lowest BCUT2D eigenvalue weighted by molar-refractivity contribution is 1.51. The molecule has 0 atom stereocenters. The van der Waals surface area contributed by atoms with Gasteiger partial charge in [0.15, 0.2) is 0 Å². The van der Waals surface area contributed by atoms with Crippen molar-refractivity contribution in [2.24, 2.45) is 0 Å². The van der Waals surface area contributed by atoms with Crippen molar-refractivity contribution in [2.45, 2.75) is 0 Å². The quantitative estimate of drug-likeness (QED) is 0.284. The molecule has 0 heterocycles. The van der Waals surface area contributed by atoms with Crippen molar-refractivity contribution >= 4 is 55.2 Å². The Hall–Kier alpha value is -2.92. The van der Waals surface area contributed by atoms with Gasteiger partial charge in [-0.15, -0.1) is 0 Å². The number of nitrogens with zero attached hydrogens (tertiary/aromatic N) is 2. The fourth-order valence-electron chi connectivity index (χ4n) is 2.64. The zero-order chi connectivity index (χ0) is 19.9. The summed E-state index contributed by atoms with van der Waals surface area (Å²) >= 11 is 6.81. The summed E-state index contributed by atoms with van der Waals surface area (Å²) in [6, 6.07) is 27.6. The molecule has 0 bridgehead atoms. The van der Waals surface area contributed by atoms with Crippen LogP contribution in [0.4, 0.5) is 0 Å². The van der Waals surface area contributed by atoms with Crippen LogP contribution in [0, 0.1) is 22.7 Å². The lowest BCUT2D eigenvalue weighted by atomic mass is 10.0. The van der Waals surface area contributed by atoms with Gasteiger partial charge >= 0.3 is 0 Å². The first-order valence-corrected chi connectivity index (χ1v) is 10.0. The third kappa shape index (κ3) is 5.08. The lowest BCUT2D eigenvalue weighted by Crippen LogP contribution is -1.84. The van der Waals surface area contributed by atoms with Crippen LogP contribution in [0.25, 0.3) is 23.3 Å². The standard InChI is InChI=1S/C24H14Br2N2/c25-23-9-5-19(6-10-23)21(15-27)13-17-1-2-18(4-3-17)14-22(16-28)20-7-11-24(26)12-8-20/h1-14H/b21-13-,22-14+. The molecule has 3 aromatic rings. The smallest absolute Gasteiger partial charge is 0.0998 e. The number of rotatable bonds is 4. The summed E-state index contributed by atoms with van der Waals surface area (Å²) in [5, 5.41) is 19.0. The van der Waals surface area contributed by atoms with Crippen molar-refractivity contribution in [2.75, 3.05) is 0 Å². The van der Waals surface area contributed by atoms with Gasteiger partial charge in [-0.05, 0) is 58.7 Å². The van der Waals surface area contributed by atoms with Gasteiger partial charge in [-0.3, -0.25) is 0 Å². The molecule has 0 aromatic heterocycles. The van der Waals surface area contributed by atoms with Gasteiger partial charge in [0.2, 0.25) is 0 Å². The van der Waals surface area contributed by atoms with Gasteiger partial charge in [0.05, 0.1) is 23.3 Å². The minimum Gasteiger partial charge on any atom is -0.192 e. The van der Waals surface area contributed by atoms with E-state index in [2.05, 4.69) is 44.0 Å². The number of halogens is 2. The molecule has 0 saturated carbocycles. The van der Waals surface area contributed by atoms with Gasteiger partial charge in [0.1, 0.15) is 0 Å². The van der Waals surface area contributed by atoms with Crippen LogP contribution >= 0.6 is 31.9 Å². The first-order chi connectivity index (χ1) is 13.6. The topological polar surface area (TPSA) is 47.6 Å². The number of benzene rings is 3. The summed E-state index contributed by atoms with van der Waals surface area (Å²) in [6.07, 6.45) is 3.72. The van der Waals surface area contributed by atoms with Crippen LogP contribution in [0.3, 0.4) is 0 Å². The Morgan fingerprint density at radius 2 is 0.893 bits per heavy atom. The fourth-order valence-corrected chi connectivity index (χ4v) is 3.17. The van der Waals surface area contributed by atoms with Crippen molar-refractivity contribution in [1.29, 1.82) is 10.5 Å². The Kier molecular flexibility index (Phi) is 6.61. The van der Waals surface area contributed by atoms with Gasteiger partial charge < -0.3 is 0 Å². The van der Waals surface area contributed by atoms with E-state index in [0.29, 0.717) is 11.1 Å². The van der Waals surface area contributed by atoms with E-state index in [1.807, 2.05) is 84.9 Å². The molecule has 134 valence electrons. The Morgan fingerprint density at radius 3 is 1.18 bits per heavy atom. The SMILES string of the molecule is N#C/C(=C\c1ccc(/C=C(/C#N)c2ccc(Br)cc2)cc1)c1ccc(Br)cc1. The summed E-state index contributed by atoms with van der Waals surface area (Å²) in [4.78, 5) is 0. The molecule has 0 fully saturated rings. The second-order valence-corrected chi connectivity index (χ2v) is 7.85. The summed E-state index contributed by atoms with van der Waals surface area (Å²) in [5.74, 6) is 0. The molecule has 0 radical (unpaired) electrons.